The van der Waals surface area contributed by atoms with Crippen molar-refractivity contribution >= 4 is 48.6 Å². The average Bonchev–Trinajstić information content (AvgIpc) is 2.33. The molecule has 1 aromatic rings. The van der Waals surface area contributed by atoms with E-state index in [2.05, 4.69) is 36.8 Å². The van der Waals surface area contributed by atoms with Gasteiger partial charge in [0.25, 0.3) is 0 Å². The van der Waals surface area contributed by atoms with Crippen molar-refractivity contribution in [3.05, 3.63) is 21.2 Å². The zero-order valence-electron chi connectivity index (χ0n) is 9.82. The summed E-state index contributed by atoms with van der Waals surface area (Å²) in [6.07, 6.45) is 1.78. The normalized spacial score (nSPS) is 12.2. The molecule has 0 radical (unpaired) electrons. The molecule has 1 rings (SSSR count). The number of pyridine rings is 1. The minimum absolute atomic E-state index is 0.162. The Kier molecular flexibility index (Phi) is 7.03. The van der Waals surface area contributed by atoms with E-state index in [1.54, 1.807) is 12.1 Å². The lowest BCUT2D eigenvalue weighted by Crippen LogP contribution is -2.15. The van der Waals surface area contributed by atoms with E-state index < -0.39 is 16.8 Å². The predicted octanol–water partition coefficient (Wildman–Crippen LogP) is 3.06. The lowest BCUT2D eigenvalue weighted by Gasteiger charge is -2.04. The molecule has 0 amide bonds. The Morgan fingerprint density at radius 1 is 1.44 bits per heavy atom. The van der Waals surface area contributed by atoms with Gasteiger partial charge in [-0.25, -0.2) is 4.98 Å². The molecular formula is C11H13Br2NO3S. The van der Waals surface area contributed by atoms with Crippen molar-refractivity contribution in [1.82, 2.24) is 4.98 Å². The van der Waals surface area contributed by atoms with Gasteiger partial charge in [-0.05, 0) is 50.4 Å². The Hall–Kier alpha value is -0.270. The summed E-state index contributed by atoms with van der Waals surface area (Å²) in [6, 6.07) is 3.34. The summed E-state index contributed by atoms with van der Waals surface area (Å²) in [7, 11) is -1.47. The highest BCUT2D eigenvalue weighted by Gasteiger charge is 2.13. The first kappa shape index (κ1) is 15.8. The van der Waals surface area contributed by atoms with Gasteiger partial charge < -0.3 is 4.74 Å². The highest BCUT2D eigenvalue weighted by Crippen LogP contribution is 2.21. The van der Waals surface area contributed by atoms with Crippen molar-refractivity contribution in [2.75, 3.05) is 12.4 Å². The Labute approximate surface area is 125 Å². The van der Waals surface area contributed by atoms with Crippen LogP contribution < -0.4 is 0 Å². The van der Waals surface area contributed by atoms with Crippen molar-refractivity contribution in [1.29, 1.82) is 0 Å². The molecule has 18 heavy (non-hydrogen) atoms. The molecule has 1 aromatic heterocycles. The molecule has 0 aromatic carbocycles. The summed E-state index contributed by atoms with van der Waals surface area (Å²) in [6.45, 7) is 2.39. The first-order valence-corrected chi connectivity index (χ1v) is 8.31. The summed E-state index contributed by atoms with van der Waals surface area (Å²) in [5.41, 5.74) is 0. The summed E-state index contributed by atoms with van der Waals surface area (Å²) >= 11 is 6.49. The number of carbonyl (C=O) groups is 1. The van der Waals surface area contributed by atoms with Gasteiger partial charge in [-0.3, -0.25) is 9.00 Å². The number of carbonyl (C=O) groups excluding carboxylic acids is 1. The summed E-state index contributed by atoms with van der Waals surface area (Å²) in [5, 5.41) is 0.359. The van der Waals surface area contributed by atoms with Crippen molar-refractivity contribution in [3.8, 4) is 0 Å². The second-order valence-electron chi connectivity index (χ2n) is 3.49. The number of halogens is 2. The van der Waals surface area contributed by atoms with Gasteiger partial charge in [0.1, 0.15) is 15.4 Å². The highest BCUT2D eigenvalue weighted by atomic mass is 79.9. The monoisotopic (exact) mass is 397 g/mol. The molecule has 0 aliphatic rings. The number of unbranched alkanes of at least 4 members (excludes halogenated alkanes) is 1. The molecule has 0 saturated heterocycles. The number of aromatic nitrogens is 1. The van der Waals surface area contributed by atoms with Gasteiger partial charge in [-0.15, -0.1) is 0 Å². The van der Waals surface area contributed by atoms with Gasteiger partial charge in [-0.1, -0.05) is 13.3 Å². The van der Waals surface area contributed by atoms with E-state index in [1.165, 1.54) is 0 Å². The van der Waals surface area contributed by atoms with Gasteiger partial charge in [0, 0.05) is 0 Å². The van der Waals surface area contributed by atoms with E-state index in [1.807, 2.05) is 6.92 Å². The maximum atomic E-state index is 11.9. The lowest BCUT2D eigenvalue weighted by molar-refractivity contribution is -0.140. The predicted molar refractivity (Wildman–Crippen MR) is 76.8 cm³/mol. The summed E-state index contributed by atoms with van der Waals surface area (Å²) in [5.74, 6) is -0.618. The highest BCUT2D eigenvalue weighted by molar-refractivity contribution is 9.13. The van der Waals surface area contributed by atoms with Gasteiger partial charge in [0.05, 0.1) is 21.9 Å². The van der Waals surface area contributed by atoms with E-state index >= 15 is 0 Å². The second kappa shape index (κ2) is 8.01. The molecule has 1 heterocycles. The molecule has 0 saturated carbocycles. The zero-order valence-corrected chi connectivity index (χ0v) is 13.8. The number of rotatable bonds is 6. The SMILES string of the molecule is CCCCOC(=O)CS(=O)c1ccc(Br)c(Br)n1. The molecule has 7 heteroatoms. The number of nitrogens with zero attached hydrogens (tertiary/aromatic N) is 1. The van der Waals surface area contributed by atoms with Crippen LogP contribution in [0.15, 0.2) is 26.2 Å². The molecule has 100 valence electrons. The van der Waals surface area contributed by atoms with Crippen molar-refractivity contribution < 1.29 is 13.7 Å². The Bertz CT molecular complexity index is 454. The molecule has 0 aliphatic heterocycles. The Morgan fingerprint density at radius 3 is 2.78 bits per heavy atom. The molecule has 0 fully saturated rings. The molecule has 1 unspecified atom stereocenters. The minimum atomic E-state index is -1.47. The third-order valence-corrected chi connectivity index (χ3v) is 4.99. The molecular weight excluding hydrogens is 386 g/mol. The first-order valence-electron chi connectivity index (χ1n) is 5.40. The van der Waals surface area contributed by atoms with Crippen LogP contribution in [0.25, 0.3) is 0 Å². The van der Waals surface area contributed by atoms with E-state index in [0.717, 1.165) is 17.3 Å². The van der Waals surface area contributed by atoms with Gasteiger partial charge in [-0.2, -0.15) is 0 Å². The molecule has 4 nitrogen and oxygen atoms in total. The third-order valence-electron chi connectivity index (χ3n) is 2.02. The van der Waals surface area contributed by atoms with Crippen LogP contribution in [0.3, 0.4) is 0 Å². The van der Waals surface area contributed by atoms with Crippen molar-refractivity contribution in [2.45, 2.75) is 24.8 Å². The smallest absolute Gasteiger partial charge is 0.318 e. The standard InChI is InChI=1S/C11H13Br2NO3S/c1-2-3-6-17-10(15)7-18(16)9-5-4-8(12)11(13)14-9/h4-5H,2-3,6-7H2,1H3. The van der Waals surface area contributed by atoms with E-state index in [0.29, 0.717) is 16.2 Å². The largest absolute Gasteiger partial charge is 0.465 e. The van der Waals surface area contributed by atoms with Crippen LogP contribution in [0.5, 0.6) is 0 Å². The quantitative estimate of drug-likeness (QED) is 0.419. The lowest BCUT2D eigenvalue weighted by atomic mass is 10.4. The van der Waals surface area contributed by atoms with Crippen LogP contribution in [0.1, 0.15) is 19.8 Å². The second-order valence-corrected chi connectivity index (χ2v) is 6.49. The Morgan fingerprint density at radius 2 is 2.17 bits per heavy atom. The topological polar surface area (TPSA) is 56.3 Å². The van der Waals surface area contributed by atoms with Crippen LogP contribution >= 0.6 is 31.9 Å². The van der Waals surface area contributed by atoms with Crippen LogP contribution in [0.2, 0.25) is 0 Å². The minimum Gasteiger partial charge on any atom is -0.465 e. The maximum absolute atomic E-state index is 11.9. The number of ether oxygens (including phenoxy) is 1. The fourth-order valence-electron chi connectivity index (χ4n) is 1.08. The molecule has 0 bridgehead atoms. The maximum Gasteiger partial charge on any atom is 0.318 e. The van der Waals surface area contributed by atoms with Gasteiger partial charge in [0.2, 0.25) is 0 Å². The van der Waals surface area contributed by atoms with Crippen molar-refractivity contribution in [2.24, 2.45) is 0 Å². The molecule has 1 atom stereocenters. The third kappa shape index (κ3) is 5.16. The van der Waals surface area contributed by atoms with Gasteiger partial charge in [0.15, 0.2) is 0 Å². The number of hydrogen-bond donors (Lipinski definition) is 0. The van der Waals surface area contributed by atoms with Gasteiger partial charge >= 0.3 is 5.97 Å². The van der Waals surface area contributed by atoms with Crippen LogP contribution in [0.4, 0.5) is 0 Å². The van der Waals surface area contributed by atoms with Crippen LogP contribution in [-0.4, -0.2) is 27.5 Å². The van der Waals surface area contributed by atoms with Crippen LogP contribution in [0, 0.1) is 0 Å². The molecule has 0 aliphatic carbocycles. The number of hydrogen-bond acceptors (Lipinski definition) is 4. The van der Waals surface area contributed by atoms with E-state index in [9.17, 15) is 9.00 Å². The Balaban J connectivity index is 2.54. The van der Waals surface area contributed by atoms with E-state index in [4.69, 9.17) is 4.74 Å². The average molecular weight is 399 g/mol. The van der Waals surface area contributed by atoms with Crippen molar-refractivity contribution in [3.63, 3.8) is 0 Å². The fourth-order valence-corrected chi connectivity index (χ4v) is 2.60. The summed E-state index contributed by atoms with van der Waals surface area (Å²) in [4.78, 5) is 15.5. The first-order chi connectivity index (χ1) is 8.54. The fraction of sp³-hybridized carbons (Fsp3) is 0.455. The molecule has 0 spiro atoms. The zero-order chi connectivity index (χ0) is 13.5. The molecule has 0 N–H and O–H groups in total. The van der Waals surface area contributed by atoms with Crippen LogP contribution in [-0.2, 0) is 20.3 Å². The summed E-state index contributed by atoms with van der Waals surface area (Å²) < 4.78 is 18.1. The van der Waals surface area contributed by atoms with E-state index in [-0.39, 0.29) is 5.75 Å². The number of esters is 1.